The molecule has 0 bridgehead atoms. The van der Waals surface area contributed by atoms with Crippen LogP contribution in [0.25, 0.3) is 0 Å². The third kappa shape index (κ3) is 3.37. The number of ketones is 1. The van der Waals surface area contributed by atoms with E-state index in [4.69, 9.17) is 0 Å². The molecule has 20 heavy (non-hydrogen) atoms. The van der Waals surface area contributed by atoms with Crippen molar-refractivity contribution in [3.8, 4) is 0 Å². The fraction of sp³-hybridized carbons (Fsp3) is 0.375. The molecule has 0 radical (unpaired) electrons. The third-order valence-corrected chi connectivity index (χ3v) is 4.37. The number of hydrogen-bond donors (Lipinski definition) is 0. The van der Waals surface area contributed by atoms with E-state index in [0.29, 0.717) is 12.8 Å². The van der Waals surface area contributed by atoms with Crippen LogP contribution in [0.4, 0.5) is 0 Å². The van der Waals surface area contributed by atoms with Gasteiger partial charge in [-0.15, -0.1) is 0 Å². The first kappa shape index (κ1) is 15.0. The van der Waals surface area contributed by atoms with Crippen LogP contribution in [0.5, 0.6) is 0 Å². The second-order valence-corrected chi connectivity index (χ2v) is 5.83. The lowest BCUT2D eigenvalue weighted by atomic mass is 10.0. The van der Waals surface area contributed by atoms with Gasteiger partial charge in [0.05, 0.1) is 15.9 Å². The van der Waals surface area contributed by atoms with Crippen LogP contribution < -0.4 is 0 Å². The van der Waals surface area contributed by atoms with Crippen molar-refractivity contribution in [2.45, 2.75) is 40.2 Å². The van der Waals surface area contributed by atoms with Crippen molar-refractivity contribution in [2.24, 2.45) is 0 Å². The lowest BCUT2D eigenvalue weighted by molar-refractivity contribution is -0.117. The number of Topliss-reactive ketones (excluding diaryl/α,β-unsaturated/α-hetero) is 1. The predicted octanol–water partition coefficient (Wildman–Crippen LogP) is 3.64. The van der Waals surface area contributed by atoms with E-state index in [1.165, 1.54) is 5.56 Å². The zero-order chi connectivity index (χ0) is 14.7. The summed E-state index contributed by atoms with van der Waals surface area (Å²) in [4.78, 5) is 12.2. The molecule has 0 saturated carbocycles. The van der Waals surface area contributed by atoms with Gasteiger partial charge in [0.25, 0.3) is 0 Å². The van der Waals surface area contributed by atoms with Crippen molar-refractivity contribution in [2.75, 3.05) is 0 Å². The van der Waals surface area contributed by atoms with Crippen molar-refractivity contribution >= 4 is 21.7 Å². The smallest absolute Gasteiger partial charge is 0.143 e. The highest BCUT2D eigenvalue weighted by Crippen LogP contribution is 2.22. The predicted molar refractivity (Wildman–Crippen MR) is 83.9 cm³/mol. The monoisotopic (exact) mass is 334 g/mol. The van der Waals surface area contributed by atoms with Crippen LogP contribution >= 0.6 is 15.9 Å². The fourth-order valence-corrected chi connectivity index (χ4v) is 2.64. The van der Waals surface area contributed by atoms with E-state index in [2.05, 4.69) is 21.0 Å². The first-order chi connectivity index (χ1) is 9.51. The van der Waals surface area contributed by atoms with Gasteiger partial charge in [0, 0.05) is 19.4 Å². The van der Waals surface area contributed by atoms with Gasteiger partial charge in [-0.25, -0.2) is 0 Å². The Labute approximate surface area is 128 Å². The highest BCUT2D eigenvalue weighted by Gasteiger charge is 2.15. The summed E-state index contributed by atoms with van der Waals surface area (Å²) >= 11 is 3.53. The maximum absolute atomic E-state index is 12.2. The minimum atomic E-state index is 0.212. The standard InChI is InChI=1S/C16H19BrN2O/c1-4-19-15(16(17)12(3)18-19)10-14(20)9-13-7-5-11(2)6-8-13/h5-8H,4,9-10H2,1-3H3. The summed E-state index contributed by atoms with van der Waals surface area (Å²) < 4.78 is 2.85. The second kappa shape index (κ2) is 6.35. The van der Waals surface area contributed by atoms with E-state index in [-0.39, 0.29) is 5.78 Å². The Kier molecular flexibility index (Phi) is 4.76. The van der Waals surface area contributed by atoms with E-state index in [0.717, 1.165) is 28.0 Å². The van der Waals surface area contributed by atoms with Gasteiger partial charge in [-0.3, -0.25) is 9.48 Å². The zero-order valence-corrected chi connectivity index (χ0v) is 13.7. The number of aromatic nitrogens is 2. The van der Waals surface area contributed by atoms with Gasteiger partial charge in [0.15, 0.2) is 0 Å². The Balaban J connectivity index is 2.10. The molecule has 106 valence electrons. The van der Waals surface area contributed by atoms with Crippen LogP contribution in [0.1, 0.15) is 29.4 Å². The number of benzene rings is 1. The minimum absolute atomic E-state index is 0.212. The lowest BCUT2D eigenvalue weighted by Crippen LogP contribution is -2.12. The second-order valence-electron chi connectivity index (χ2n) is 5.04. The first-order valence-electron chi connectivity index (χ1n) is 6.80. The molecule has 0 unspecified atom stereocenters. The zero-order valence-electron chi connectivity index (χ0n) is 12.1. The van der Waals surface area contributed by atoms with Crippen LogP contribution in [-0.2, 0) is 24.2 Å². The van der Waals surface area contributed by atoms with Crippen LogP contribution in [0.3, 0.4) is 0 Å². The molecule has 2 rings (SSSR count). The average molecular weight is 335 g/mol. The number of nitrogens with zero attached hydrogens (tertiary/aromatic N) is 2. The molecule has 0 saturated heterocycles. The Morgan fingerprint density at radius 1 is 1.20 bits per heavy atom. The van der Waals surface area contributed by atoms with E-state index < -0.39 is 0 Å². The molecule has 0 aliphatic carbocycles. The van der Waals surface area contributed by atoms with E-state index in [1.54, 1.807) is 0 Å². The molecular weight excluding hydrogens is 316 g/mol. The molecule has 0 aliphatic rings. The third-order valence-electron chi connectivity index (χ3n) is 3.34. The maximum atomic E-state index is 12.2. The summed E-state index contributed by atoms with van der Waals surface area (Å²) in [6.07, 6.45) is 0.893. The molecule has 1 heterocycles. The number of halogens is 1. The van der Waals surface area contributed by atoms with Gasteiger partial charge in [-0.1, -0.05) is 29.8 Å². The molecule has 0 amide bonds. The summed E-state index contributed by atoms with van der Waals surface area (Å²) in [6.45, 7) is 6.81. The van der Waals surface area contributed by atoms with E-state index >= 15 is 0 Å². The number of carbonyl (C=O) groups excluding carboxylic acids is 1. The van der Waals surface area contributed by atoms with Crippen LogP contribution in [0.15, 0.2) is 28.7 Å². The number of rotatable bonds is 5. The van der Waals surface area contributed by atoms with E-state index in [1.807, 2.05) is 49.7 Å². The number of carbonyl (C=O) groups is 1. The average Bonchev–Trinajstić information content (AvgIpc) is 2.69. The Bertz CT molecular complexity index is 614. The molecule has 0 aliphatic heterocycles. The van der Waals surface area contributed by atoms with Gasteiger partial charge in [-0.2, -0.15) is 5.10 Å². The van der Waals surface area contributed by atoms with Crippen molar-refractivity contribution < 1.29 is 4.79 Å². The highest BCUT2D eigenvalue weighted by molar-refractivity contribution is 9.10. The van der Waals surface area contributed by atoms with Gasteiger partial charge < -0.3 is 0 Å². The molecule has 3 nitrogen and oxygen atoms in total. The maximum Gasteiger partial charge on any atom is 0.143 e. The quantitative estimate of drug-likeness (QED) is 0.836. The Morgan fingerprint density at radius 3 is 2.45 bits per heavy atom. The number of hydrogen-bond acceptors (Lipinski definition) is 2. The topological polar surface area (TPSA) is 34.9 Å². The molecular formula is C16H19BrN2O. The van der Waals surface area contributed by atoms with Crippen molar-refractivity contribution in [1.29, 1.82) is 0 Å². The van der Waals surface area contributed by atoms with Crippen molar-refractivity contribution in [1.82, 2.24) is 9.78 Å². The van der Waals surface area contributed by atoms with Crippen LogP contribution in [-0.4, -0.2) is 15.6 Å². The largest absolute Gasteiger partial charge is 0.299 e. The molecule has 0 N–H and O–H groups in total. The van der Waals surface area contributed by atoms with Crippen LogP contribution in [0, 0.1) is 13.8 Å². The minimum Gasteiger partial charge on any atom is -0.299 e. The van der Waals surface area contributed by atoms with Crippen LogP contribution in [0.2, 0.25) is 0 Å². The molecule has 2 aromatic rings. The van der Waals surface area contributed by atoms with E-state index in [9.17, 15) is 4.79 Å². The summed E-state index contributed by atoms with van der Waals surface area (Å²) in [7, 11) is 0. The summed E-state index contributed by atoms with van der Waals surface area (Å²) in [6, 6.07) is 8.12. The molecule has 0 atom stereocenters. The molecule has 0 fully saturated rings. The van der Waals surface area contributed by atoms with Gasteiger partial charge in [0.2, 0.25) is 0 Å². The molecule has 4 heteroatoms. The fourth-order valence-electron chi connectivity index (χ4n) is 2.22. The Morgan fingerprint density at radius 2 is 1.85 bits per heavy atom. The lowest BCUT2D eigenvalue weighted by Gasteiger charge is -2.05. The van der Waals surface area contributed by atoms with Gasteiger partial charge in [-0.05, 0) is 42.3 Å². The summed E-state index contributed by atoms with van der Waals surface area (Å²) in [5.74, 6) is 0.212. The van der Waals surface area contributed by atoms with Gasteiger partial charge >= 0.3 is 0 Å². The summed E-state index contributed by atoms with van der Waals surface area (Å²) in [5, 5.41) is 4.42. The Hall–Kier alpha value is -1.42. The SMILES string of the molecule is CCn1nc(C)c(Br)c1CC(=O)Cc1ccc(C)cc1. The molecule has 0 spiro atoms. The molecule has 1 aromatic heterocycles. The normalized spacial score (nSPS) is 10.8. The number of aryl methyl sites for hydroxylation is 3. The van der Waals surface area contributed by atoms with Crippen molar-refractivity contribution in [3.05, 3.63) is 51.3 Å². The summed E-state index contributed by atoms with van der Waals surface area (Å²) in [5.41, 5.74) is 4.19. The first-order valence-corrected chi connectivity index (χ1v) is 7.59. The highest BCUT2D eigenvalue weighted by atomic mass is 79.9. The van der Waals surface area contributed by atoms with Gasteiger partial charge in [0.1, 0.15) is 5.78 Å². The van der Waals surface area contributed by atoms with Crippen molar-refractivity contribution in [3.63, 3.8) is 0 Å². The molecule has 1 aromatic carbocycles.